The van der Waals surface area contributed by atoms with Crippen LogP contribution >= 0.6 is 4.20 Å². The van der Waals surface area contributed by atoms with E-state index in [0.29, 0.717) is 31.0 Å². The van der Waals surface area contributed by atoms with E-state index in [-0.39, 0.29) is 0 Å². The Bertz CT molecular complexity index is 1020. The van der Waals surface area contributed by atoms with Gasteiger partial charge in [0, 0.05) is 0 Å². The van der Waals surface area contributed by atoms with Crippen LogP contribution in [0, 0.1) is 12.8 Å². The third kappa shape index (κ3) is 4.53. The van der Waals surface area contributed by atoms with Gasteiger partial charge in [-0.3, -0.25) is 0 Å². The normalized spacial score (nSPS) is 26.6. The molecule has 4 rings (SSSR count). The number of benzene rings is 3. The van der Waals surface area contributed by atoms with Crippen molar-refractivity contribution in [3.63, 3.8) is 0 Å². The molecule has 148 valence electrons. The van der Waals surface area contributed by atoms with Gasteiger partial charge >= 0.3 is 188 Å². The minimum absolute atomic E-state index is 0.344. The third-order valence-corrected chi connectivity index (χ3v) is 21.4. The number of hydrazone groups is 1. The zero-order valence-corrected chi connectivity index (χ0v) is 20.9. The SMILES string of the molecule is Cc1ccc(/C=N/N[C@@H]2[C@@H](C)[C@H](c3ccccc3)[Se][P@@]2(=[Se])c2ccccc2)cc1. The summed E-state index contributed by atoms with van der Waals surface area (Å²) in [4.78, 5) is 0.588. The molecule has 3 aromatic carbocycles. The van der Waals surface area contributed by atoms with Crippen molar-refractivity contribution in [3.05, 3.63) is 102 Å². The number of nitrogens with zero attached hydrogens (tertiary/aromatic N) is 1. The molecule has 4 atom stereocenters. The Balaban J connectivity index is 1.64. The van der Waals surface area contributed by atoms with E-state index in [1.54, 1.807) is 0 Å². The van der Waals surface area contributed by atoms with Gasteiger partial charge in [0.1, 0.15) is 0 Å². The van der Waals surface area contributed by atoms with Crippen LogP contribution in [0.5, 0.6) is 0 Å². The summed E-state index contributed by atoms with van der Waals surface area (Å²) in [5.41, 5.74) is 7.44. The first-order valence-corrected chi connectivity index (χ1v) is 17.1. The summed E-state index contributed by atoms with van der Waals surface area (Å²) < 4.78 is -1.48. The molecule has 5 heteroatoms. The molecule has 0 amide bonds. The first kappa shape index (κ1) is 20.9. The molecule has 0 aliphatic carbocycles. The Morgan fingerprint density at radius 1 is 0.931 bits per heavy atom. The summed E-state index contributed by atoms with van der Waals surface area (Å²) in [6, 6.07) is 30.5. The second kappa shape index (κ2) is 9.17. The molecule has 0 bridgehead atoms. The van der Waals surface area contributed by atoms with Crippen molar-refractivity contribution in [3.8, 4) is 0 Å². The Kier molecular flexibility index (Phi) is 6.59. The van der Waals surface area contributed by atoms with Crippen LogP contribution < -0.4 is 10.7 Å². The molecule has 1 aliphatic rings. The molecule has 0 radical (unpaired) electrons. The third-order valence-electron chi connectivity index (χ3n) is 5.35. The van der Waals surface area contributed by atoms with E-state index < -0.39 is 4.20 Å². The molecule has 0 aromatic heterocycles. The van der Waals surface area contributed by atoms with Gasteiger partial charge in [0.2, 0.25) is 0 Å². The van der Waals surface area contributed by atoms with Gasteiger partial charge < -0.3 is 0 Å². The van der Waals surface area contributed by atoms with Crippen LogP contribution in [0.3, 0.4) is 0 Å². The molecule has 0 saturated carbocycles. The zero-order valence-electron chi connectivity index (χ0n) is 16.6. The van der Waals surface area contributed by atoms with Crippen LogP contribution in [0.4, 0.5) is 0 Å². The topological polar surface area (TPSA) is 24.4 Å². The molecule has 0 spiro atoms. The van der Waals surface area contributed by atoms with Gasteiger partial charge in [-0.2, -0.15) is 0 Å². The molecular formula is C24H25N2PSe2. The van der Waals surface area contributed by atoms with Crippen molar-refractivity contribution < 1.29 is 0 Å². The quantitative estimate of drug-likeness (QED) is 0.220. The summed E-state index contributed by atoms with van der Waals surface area (Å²) in [7, 11) is 0. The van der Waals surface area contributed by atoms with Gasteiger partial charge in [0.15, 0.2) is 0 Å². The van der Waals surface area contributed by atoms with Crippen molar-refractivity contribution in [2.75, 3.05) is 0 Å². The fraction of sp³-hybridized carbons (Fsp3) is 0.208. The van der Waals surface area contributed by atoms with E-state index in [4.69, 9.17) is 5.10 Å². The maximum atomic E-state index is 4.70. The van der Waals surface area contributed by atoms with Crippen LogP contribution in [0.15, 0.2) is 90.0 Å². The summed E-state index contributed by atoms with van der Waals surface area (Å²) in [6.07, 6.45) is 1.95. The molecule has 2 nitrogen and oxygen atoms in total. The van der Waals surface area contributed by atoms with Gasteiger partial charge in [-0.25, -0.2) is 0 Å². The second-order valence-corrected chi connectivity index (χ2v) is 23.1. The summed E-state index contributed by atoms with van der Waals surface area (Å²) in [5, 5.41) is 6.16. The van der Waals surface area contributed by atoms with E-state index in [9.17, 15) is 0 Å². The molecule has 1 heterocycles. The molecule has 1 N–H and O–H groups in total. The summed E-state index contributed by atoms with van der Waals surface area (Å²) in [5.74, 6) is 0.860. The average Bonchev–Trinajstić information content (AvgIpc) is 3.02. The monoisotopic (exact) mass is 532 g/mol. The number of hydrogen-bond acceptors (Lipinski definition) is 2. The van der Waals surface area contributed by atoms with E-state index in [1.807, 2.05) is 6.21 Å². The minimum atomic E-state index is -1.48. The van der Waals surface area contributed by atoms with Crippen LogP contribution in [-0.4, -0.2) is 41.6 Å². The van der Waals surface area contributed by atoms with Gasteiger partial charge in [-0.15, -0.1) is 0 Å². The molecular weight excluding hydrogens is 505 g/mol. The van der Waals surface area contributed by atoms with Crippen molar-refractivity contribution in [1.82, 2.24) is 5.43 Å². The Morgan fingerprint density at radius 3 is 2.21 bits per heavy atom. The van der Waals surface area contributed by atoms with Crippen molar-refractivity contribution in [1.29, 1.82) is 0 Å². The van der Waals surface area contributed by atoms with Crippen molar-refractivity contribution in [2.24, 2.45) is 11.0 Å². The Labute approximate surface area is 187 Å². The molecule has 1 fully saturated rings. The van der Waals surface area contributed by atoms with Gasteiger partial charge in [-0.1, -0.05) is 0 Å². The number of hydrogen-bond donors (Lipinski definition) is 1. The zero-order chi connectivity index (χ0) is 20.3. The summed E-state index contributed by atoms with van der Waals surface area (Å²) in [6.45, 7) is 4.50. The van der Waals surface area contributed by atoms with Crippen molar-refractivity contribution >= 4 is 45.3 Å². The summed E-state index contributed by atoms with van der Waals surface area (Å²) >= 11 is 4.17. The Morgan fingerprint density at radius 2 is 1.55 bits per heavy atom. The molecule has 1 aliphatic heterocycles. The number of rotatable bonds is 5. The first-order valence-electron chi connectivity index (χ1n) is 9.82. The first-order chi connectivity index (χ1) is 14.1. The molecule has 3 aromatic rings. The predicted octanol–water partition coefficient (Wildman–Crippen LogP) is 4.68. The predicted molar refractivity (Wildman–Crippen MR) is 129 cm³/mol. The van der Waals surface area contributed by atoms with Crippen LogP contribution in [0.1, 0.15) is 28.4 Å². The maximum absolute atomic E-state index is 4.70. The van der Waals surface area contributed by atoms with E-state index >= 15 is 0 Å². The average molecular weight is 530 g/mol. The van der Waals surface area contributed by atoms with Gasteiger partial charge in [0.25, 0.3) is 0 Å². The molecule has 29 heavy (non-hydrogen) atoms. The van der Waals surface area contributed by atoms with Crippen LogP contribution in [-0.2, 0) is 0 Å². The fourth-order valence-electron chi connectivity index (χ4n) is 3.70. The fourth-order valence-corrected chi connectivity index (χ4v) is 20.7. The molecule has 1 saturated heterocycles. The second-order valence-electron chi connectivity index (χ2n) is 7.47. The van der Waals surface area contributed by atoms with Gasteiger partial charge in [0.05, 0.1) is 0 Å². The number of nitrogens with one attached hydrogen (secondary N) is 1. The Hall–Kier alpha value is -1.40. The molecule has 0 unspecified atom stereocenters. The van der Waals surface area contributed by atoms with E-state index in [2.05, 4.69) is 119 Å². The van der Waals surface area contributed by atoms with Gasteiger partial charge in [-0.05, 0) is 0 Å². The number of aryl methyl sites for hydroxylation is 1. The van der Waals surface area contributed by atoms with E-state index in [1.165, 1.54) is 16.4 Å². The van der Waals surface area contributed by atoms with Crippen LogP contribution in [0.25, 0.3) is 0 Å². The van der Waals surface area contributed by atoms with Crippen LogP contribution in [0.2, 0.25) is 0 Å². The standard InChI is InChI=1S/C24H25N2PSe2/c1-18-13-15-20(16-14-18)17-25-26-24-19(2)23(21-9-5-3-6-10-21)29-27(24,28)22-11-7-4-8-12-22/h3-17,19,23-24,26H,1-2H3/b25-17+/t19-,23+,24-,27-/m0/s1. The van der Waals surface area contributed by atoms with Crippen molar-refractivity contribution in [2.45, 2.75) is 24.4 Å². The van der Waals surface area contributed by atoms with E-state index in [0.717, 1.165) is 5.56 Å².